The molecule has 1 aromatic heterocycles. The van der Waals surface area contributed by atoms with E-state index in [0.29, 0.717) is 12.2 Å². The van der Waals surface area contributed by atoms with E-state index in [2.05, 4.69) is 27.7 Å². The second-order valence-corrected chi connectivity index (χ2v) is 5.44. The maximum absolute atomic E-state index is 11.0. The van der Waals surface area contributed by atoms with E-state index in [-0.39, 0.29) is 12.5 Å². The first kappa shape index (κ1) is 13.7. The summed E-state index contributed by atoms with van der Waals surface area (Å²) >= 11 is 0. The largest absolute Gasteiger partial charge is 0.481 e. The average Bonchev–Trinajstić information content (AvgIpc) is 3.12. The van der Waals surface area contributed by atoms with Crippen molar-refractivity contribution in [3.05, 3.63) is 29.3 Å². The van der Waals surface area contributed by atoms with Crippen LogP contribution in [0.2, 0.25) is 0 Å². The molecule has 0 saturated carbocycles. The Bertz CT molecular complexity index is 665. The number of fused-ring (bicyclic) bond motifs is 1. The molecule has 1 heterocycles. The van der Waals surface area contributed by atoms with E-state index in [1.807, 2.05) is 13.0 Å². The molecular formula is C15H18N4O2. The monoisotopic (exact) mass is 286 g/mol. The zero-order chi connectivity index (χ0) is 14.8. The molecule has 1 aromatic carbocycles. The van der Waals surface area contributed by atoms with Gasteiger partial charge in [-0.25, -0.2) is 4.68 Å². The molecule has 0 radical (unpaired) electrons. The van der Waals surface area contributed by atoms with Crippen LogP contribution >= 0.6 is 0 Å². The van der Waals surface area contributed by atoms with Crippen molar-refractivity contribution in [2.24, 2.45) is 0 Å². The molecule has 0 spiro atoms. The standard InChI is InChI=1S/C15H18N4O2/c1-2-13(9-14(20)21)19-15(16-17-18-19)12-7-6-10-4-3-5-11(10)8-12/h6-8,13H,2-5,9H2,1H3,(H,20,21). The maximum Gasteiger partial charge on any atom is 0.305 e. The lowest BCUT2D eigenvalue weighted by Gasteiger charge is -2.14. The van der Waals surface area contributed by atoms with Gasteiger partial charge in [0.05, 0.1) is 12.5 Å². The zero-order valence-corrected chi connectivity index (χ0v) is 12.0. The van der Waals surface area contributed by atoms with E-state index in [4.69, 9.17) is 5.11 Å². The van der Waals surface area contributed by atoms with Gasteiger partial charge in [-0.05, 0) is 53.3 Å². The smallest absolute Gasteiger partial charge is 0.305 e. The van der Waals surface area contributed by atoms with Crippen molar-refractivity contribution in [3.8, 4) is 11.4 Å². The maximum atomic E-state index is 11.0. The Morgan fingerprint density at radius 1 is 1.38 bits per heavy atom. The normalized spacial score (nSPS) is 14.9. The van der Waals surface area contributed by atoms with Crippen LogP contribution in [-0.2, 0) is 17.6 Å². The summed E-state index contributed by atoms with van der Waals surface area (Å²) in [6.07, 6.45) is 4.13. The summed E-state index contributed by atoms with van der Waals surface area (Å²) in [4.78, 5) is 11.0. The van der Waals surface area contributed by atoms with Gasteiger partial charge in [-0.2, -0.15) is 0 Å². The molecule has 1 atom stereocenters. The summed E-state index contributed by atoms with van der Waals surface area (Å²) in [5.74, 6) is -0.185. The molecule has 3 rings (SSSR count). The number of carbonyl (C=O) groups is 1. The summed E-state index contributed by atoms with van der Waals surface area (Å²) in [7, 11) is 0. The Morgan fingerprint density at radius 3 is 2.95 bits per heavy atom. The first-order valence-electron chi connectivity index (χ1n) is 7.31. The van der Waals surface area contributed by atoms with Gasteiger partial charge in [-0.1, -0.05) is 19.1 Å². The third-order valence-electron chi connectivity index (χ3n) is 4.08. The van der Waals surface area contributed by atoms with Crippen molar-refractivity contribution in [1.82, 2.24) is 20.2 Å². The predicted octanol–water partition coefficient (Wildman–Crippen LogP) is 2.25. The van der Waals surface area contributed by atoms with Crippen LogP contribution in [0, 0.1) is 0 Å². The van der Waals surface area contributed by atoms with Crippen molar-refractivity contribution in [3.63, 3.8) is 0 Å². The number of carboxylic acid groups (broad SMARTS) is 1. The lowest BCUT2D eigenvalue weighted by Crippen LogP contribution is -2.15. The first-order chi connectivity index (χ1) is 10.2. The first-order valence-corrected chi connectivity index (χ1v) is 7.31. The van der Waals surface area contributed by atoms with Crippen LogP contribution in [0.1, 0.15) is 43.4 Å². The number of tetrazole rings is 1. The third kappa shape index (κ3) is 2.66. The lowest BCUT2D eigenvalue weighted by atomic mass is 10.1. The SMILES string of the molecule is CCC(CC(=O)O)n1nnnc1-c1ccc2c(c1)CCC2. The number of hydrogen-bond acceptors (Lipinski definition) is 4. The van der Waals surface area contributed by atoms with Crippen molar-refractivity contribution >= 4 is 5.97 Å². The van der Waals surface area contributed by atoms with Crippen LogP contribution in [0.15, 0.2) is 18.2 Å². The summed E-state index contributed by atoms with van der Waals surface area (Å²) in [5.41, 5.74) is 3.72. The fourth-order valence-corrected chi connectivity index (χ4v) is 2.95. The molecule has 0 bridgehead atoms. The number of carboxylic acids is 1. The van der Waals surface area contributed by atoms with Crippen LogP contribution in [-0.4, -0.2) is 31.3 Å². The quantitative estimate of drug-likeness (QED) is 0.911. The van der Waals surface area contributed by atoms with E-state index in [0.717, 1.165) is 18.4 Å². The number of aromatic nitrogens is 4. The van der Waals surface area contributed by atoms with Gasteiger partial charge in [0.1, 0.15) is 0 Å². The van der Waals surface area contributed by atoms with Crippen LogP contribution in [0.5, 0.6) is 0 Å². The molecule has 110 valence electrons. The molecule has 6 nitrogen and oxygen atoms in total. The minimum atomic E-state index is -0.836. The summed E-state index contributed by atoms with van der Waals surface area (Å²) in [5, 5.41) is 20.9. The van der Waals surface area contributed by atoms with Gasteiger partial charge in [-0.3, -0.25) is 4.79 Å². The Labute approximate surface area is 122 Å². The highest BCUT2D eigenvalue weighted by Crippen LogP contribution is 2.28. The minimum Gasteiger partial charge on any atom is -0.481 e. The predicted molar refractivity (Wildman–Crippen MR) is 76.9 cm³/mol. The number of hydrogen-bond donors (Lipinski definition) is 1. The van der Waals surface area contributed by atoms with Gasteiger partial charge < -0.3 is 5.11 Å². The fraction of sp³-hybridized carbons (Fsp3) is 0.467. The highest BCUT2D eigenvalue weighted by molar-refractivity contribution is 5.67. The summed E-state index contributed by atoms with van der Waals surface area (Å²) in [6.45, 7) is 1.95. The number of rotatable bonds is 5. The van der Waals surface area contributed by atoms with E-state index < -0.39 is 5.97 Å². The van der Waals surface area contributed by atoms with Gasteiger partial charge in [0.15, 0.2) is 5.82 Å². The van der Waals surface area contributed by atoms with Crippen molar-refractivity contribution in [2.75, 3.05) is 0 Å². The Morgan fingerprint density at radius 2 is 2.19 bits per heavy atom. The van der Waals surface area contributed by atoms with E-state index in [9.17, 15) is 4.79 Å². The molecule has 1 aliphatic carbocycles. The lowest BCUT2D eigenvalue weighted by molar-refractivity contribution is -0.138. The molecule has 6 heteroatoms. The molecule has 0 fully saturated rings. The molecule has 0 aliphatic heterocycles. The third-order valence-corrected chi connectivity index (χ3v) is 4.08. The van der Waals surface area contributed by atoms with Crippen molar-refractivity contribution in [1.29, 1.82) is 0 Å². The average molecular weight is 286 g/mol. The van der Waals surface area contributed by atoms with Gasteiger partial charge in [0.25, 0.3) is 0 Å². The minimum absolute atomic E-state index is 0.0273. The van der Waals surface area contributed by atoms with Crippen LogP contribution < -0.4 is 0 Å². The highest BCUT2D eigenvalue weighted by atomic mass is 16.4. The van der Waals surface area contributed by atoms with Gasteiger partial charge in [-0.15, -0.1) is 5.10 Å². The Kier molecular flexibility index (Phi) is 3.68. The number of aliphatic carboxylic acids is 1. The Hall–Kier alpha value is -2.24. The number of aryl methyl sites for hydroxylation is 2. The molecule has 1 N–H and O–H groups in total. The van der Waals surface area contributed by atoms with Crippen LogP contribution in [0.25, 0.3) is 11.4 Å². The molecule has 2 aromatic rings. The molecule has 1 aliphatic rings. The fourth-order valence-electron chi connectivity index (χ4n) is 2.95. The van der Waals surface area contributed by atoms with E-state index >= 15 is 0 Å². The molecule has 0 saturated heterocycles. The van der Waals surface area contributed by atoms with Crippen LogP contribution in [0.3, 0.4) is 0 Å². The molecule has 0 amide bonds. The van der Waals surface area contributed by atoms with E-state index in [1.165, 1.54) is 17.5 Å². The van der Waals surface area contributed by atoms with Crippen LogP contribution in [0.4, 0.5) is 0 Å². The number of benzene rings is 1. The van der Waals surface area contributed by atoms with E-state index in [1.54, 1.807) is 4.68 Å². The van der Waals surface area contributed by atoms with Crippen molar-refractivity contribution < 1.29 is 9.90 Å². The molecule has 1 unspecified atom stereocenters. The molecule has 21 heavy (non-hydrogen) atoms. The van der Waals surface area contributed by atoms with Gasteiger partial charge in [0.2, 0.25) is 0 Å². The topological polar surface area (TPSA) is 80.9 Å². The van der Waals surface area contributed by atoms with Crippen molar-refractivity contribution in [2.45, 2.75) is 45.1 Å². The molecular weight excluding hydrogens is 268 g/mol. The highest BCUT2D eigenvalue weighted by Gasteiger charge is 2.21. The zero-order valence-electron chi connectivity index (χ0n) is 12.0. The van der Waals surface area contributed by atoms with Gasteiger partial charge in [0, 0.05) is 5.56 Å². The second kappa shape index (κ2) is 5.63. The Balaban J connectivity index is 1.96. The summed E-state index contributed by atoms with van der Waals surface area (Å²) in [6, 6.07) is 6.08. The van der Waals surface area contributed by atoms with Gasteiger partial charge >= 0.3 is 5.97 Å². The second-order valence-electron chi connectivity index (χ2n) is 5.44. The summed E-state index contributed by atoms with van der Waals surface area (Å²) < 4.78 is 1.64. The number of nitrogens with zero attached hydrogens (tertiary/aromatic N) is 4.